The van der Waals surface area contributed by atoms with Gasteiger partial charge in [-0.15, -0.1) is 4.91 Å². The number of benzene rings is 3. The van der Waals surface area contributed by atoms with Crippen LogP contribution in [-0.2, 0) is 4.79 Å². The van der Waals surface area contributed by atoms with E-state index in [-0.39, 0.29) is 11.4 Å². The van der Waals surface area contributed by atoms with Crippen molar-refractivity contribution in [2.24, 2.45) is 5.18 Å². The van der Waals surface area contributed by atoms with Crippen molar-refractivity contribution in [1.82, 2.24) is 5.32 Å². The first kappa shape index (κ1) is 22.5. The zero-order valence-corrected chi connectivity index (χ0v) is 18.0. The lowest BCUT2D eigenvalue weighted by Crippen LogP contribution is -2.39. The van der Waals surface area contributed by atoms with Crippen molar-refractivity contribution in [1.29, 1.82) is 0 Å². The molecule has 0 radical (unpaired) electrons. The lowest BCUT2D eigenvalue weighted by atomic mass is 10.1. The number of hydrogen-bond acceptors (Lipinski definition) is 5. The van der Waals surface area contributed by atoms with E-state index in [9.17, 15) is 14.5 Å². The Bertz CT molecular complexity index is 1130. The van der Waals surface area contributed by atoms with Gasteiger partial charge in [0.1, 0.15) is 17.5 Å². The molecule has 0 spiro atoms. The van der Waals surface area contributed by atoms with Crippen LogP contribution >= 0.6 is 0 Å². The second-order valence-corrected chi connectivity index (χ2v) is 7.21. The summed E-state index contributed by atoms with van der Waals surface area (Å²) in [7, 11) is 1.44. The molecule has 0 aliphatic carbocycles. The van der Waals surface area contributed by atoms with Crippen molar-refractivity contribution < 1.29 is 14.3 Å². The van der Waals surface area contributed by atoms with Gasteiger partial charge in [0, 0.05) is 5.69 Å². The standard InChI is InChI=1S/C24H24N4O4/c1-15-9-10-18(13-16(15)2)25-23(29)22(17-7-5-4-6-8-17)27-24(30)26-20-14-19(28-31)11-12-21(20)32-3/h4-14,22H,1-3H3,(H,25,29)(H2,26,27,30). The SMILES string of the molecule is COc1ccc(N=O)cc1NC(=O)NC(C(=O)Nc1ccc(C)c(C)c1)c1ccccc1. The summed E-state index contributed by atoms with van der Waals surface area (Å²) in [4.78, 5) is 36.7. The minimum atomic E-state index is -0.962. The average molecular weight is 432 g/mol. The number of ether oxygens (including phenoxy) is 1. The number of anilines is 2. The van der Waals surface area contributed by atoms with Gasteiger partial charge in [-0.2, -0.15) is 0 Å². The van der Waals surface area contributed by atoms with Crippen molar-refractivity contribution in [3.05, 3.63) is 88.3 Å². The number of amides is 3. The number of hydrogen-bond donors (Lipinski definition) is 3. The van der Waals surface area contributed by atoms with Crippen LogP contribution in [0, 0.1) is 18.8 Å². The zero-order valence-electron chi connectivity index (χ0n) is 18.0. The molecule has 0 heterocycles. The quantitative estimate of drug-likeness (QED) is 0.445. The van der Waals surface area contributed by atoms with E-state index in [0.29, 0.717) is 17.0 Å². The van der Waals surface area contributed by atoms with E-state index >= 15 is 0 Å². The van der Waals surface area contributed by atoms with E-state index in [4.69, 9.17) is 4.74 Å². The molecule has 0 fully saturated rings. The van der Waals surface area contributed by atoms with Gasteiger partial charge in [0.2, 0.25) is 0 Å². The number of aryl methyl sites for hydroxylation is 2. The third-order valence-electron chi connectivity index (χ3n) is 4.98. The van der Waals surface area contributed by atoms with Gasteiger partial charge >= 0.3 is 6.03 Å². The third-order valence-corrected chi connectivity index (χ3v) is 4.98. The number of carbonyl (C=O) groups is 2. The predicted octanol–water partition coefficient (Wildman–Crippen LogP) is 5.21. The molecule has 3 aromatic rings. The van der Waals surface area contributed by atoms with Crippen LogP contribution in [0.3, 0.4) is 0 Å². The summed E-state index contributed by atoms with van der Waals surface area (Å²) >= 11 is 0. The van der Waals surface area contributed by atoms with Crippen molar-refractivity contribution in [2.45, 2.75) is 19.9 Å². The lowest BCUT2D eigenvalue weighted by molar-refractivity contribution is -0.118. The summed E-state index contributed by atoms with van der Waals surface area (Å²) in [5.41, 5.74) is 3.78. The number of carbonyl (C=O) groups excluding carboxylic acids is 2. The Morgan fingerprint density at radius 1 is 0.906 bits per heavy atom. The Kier molecular flexibility index (Phi) is 7.17. The van der Waals surface area contributed by atoms with Crippen LogP contribution in [0.1, 0.15) is 22.7 Å². The fourth-order valence-corrected chi connectivity index (χ4v) is 3.12. The van der Waals surface area contributed by atoms with Crippen molar-refractivity contribution >= 4 is 29.0 Å². The maximum atomic E-state index is 13.1. The summed E-state index contributed by atoms with van der Waals surface area (Å²) in [5.74, 6) is -0.0479. The van der Waals surface area contributed by atoms with Crippen molar-refractivity contribution in [3.8, 4) is 5.75 Å². The summed E-state index contributed by atoms with van der Waals surface area (Å²) in [6.07, 6.45) is 0. The Morgan fingerprint density at radius 3 is 2.31 bits per heavy atom. The molecule has 8 heteroatoms. The first-order valence-corrected chi connectivity index (χ1v) is 9.93. The van der Waals surface area contributed by atoms with Crippen LogP contribution in [-0.4, -0.2) is 19.0 Å². The van der Waals surface area contributed by atoms with Crippen molar-refractivity contribution in [3.63, 3.8) is 0 Å². The molecule has 32 heavy (non-hydrogen) atoms. The Labute approximate surface area is 186 Å². The van der Waals surface area contributed by atoms with E-state index in [1.165, 1.54) is 25.3 Å². The zero-order chi connectivity index (χ0) is 23.1. The molecule has 3 rings (SSSR count). The Morgan fingerprint density at radius 2 is 1.66 bits per heavy atom. The molecular weight excluding hydrogens is 408 g/mol. The third kappa shape index (κ3) is 5.48. The maximum Gasteiger partial charge on any atom is 0.320 e. The molecule has 3 aromatic carbocycles. The van der Waals surface area contributed by atoms with Crippen LogP contribution in [0.4, 0.5) is 21.9 Å². The molecule has 0 aliphatic rings. The van der Waals surface area contributed by atoms with E-state index in [1.54, 1.807) is 24.3 Å². The van der Waals surface area contributed by atoms with Gasteiger partial charge in [-0.3, -0.25) is 4.79 Å². The number of nitrogens with zero attached hydrogens (tertiary/aromatic N) is 1. The van der Waals surface area contributed by atoms with Gasteiger partial charge in [0.25, 0.3) is 5.91 Å². The van der Waals surface area contributed by atoms with Crippen LogP contribution in [0.25, 0.3) is 0 Å². The smallest absolute Gasteiger partial charge is 0.320 e. The minimum absolute atomic E-state index is 0.133. The highest BCUT2D eigenvalue weighted by Crippen LogP contribution is 2.29. The summed E-state index contributed by atoms with van der Waals surface area (Å²) in [6, 6.07) is 17.3. The summed E-state index contributed by atoms with van der Waals surface area (Å²) in [6.45, 7) is 3.95. The average Bonchev–Trinajstić information content (AvgIpc) is 2.80. The molecule has 0 aromatic heterocycles. The topological polar surface area (TPSA) is 109 Å². The summed E-state index contributed by atoms with van der Waals surface area (Å²) < 4.78 is 5.22. The highest BCUT2D eigenvalue weighted by atomic mass is 16.5. The van der Waals surface area contributed by atoms with Crippen molar-refractivity contribution in [2.75, 3.05) is 17.7 Å². The first-order valence-electron chi connectivity index (χ1n) is 9.93. The molecule has 0 saturated heterocycles. The monoisotopic (exact) mass is 432 g/mol. The molecule has 1 unspecified atom stereocenters. The molecule has 3 N–H and O–H groups in total. The molecule has 0 saturated carbocycles. The van der Waals surface area contributed by atoms with Crippen LogP contribution < -0.4 is 20.7 Å². The fraction of sp³-hybridized carbons (Fsp3) is 0.167. The second-order valence-electron chi connectivity index (χ2n) is 7.21. The molecule has 0 aliphatic heterocycles. The Balaban J connectivity index is 1.82. The van der Waals surface area contributed by atoms with Crippen LogP contribution in [0.15, 0.2) is 71.9 Å². The van der Waals surface area contributed by atoms with Gasteiger partial charge in [-0.1, -0.05) is 36.4 Å². The van der Waals surface area contributed by atoms with Gasteiger partial charge in [-0.25, -0.2) is 4.79 Å². The van der Waals surface area contributed by atoms with E-state index in [0.717, 1.165) is 11.1 Å². The second kappa shape index (κ2) is 10.2. The van der Waals surface area contributed by atoms with Crippen LogP contribution in [0.5, 0.6) is 5.75 Å². The number of nitrogens with one attached hydrogen (secondary N) is 3. The summed E-state index contributed by atoms with van der Waals surface area (Å²) in [5, 5.41) is 11.0. The highest BCUT2D eigenvalue weighted by Gasteiger charge is 2.23. The normalized spacial score (nSPS) is 11.2. The number of nitroso groups, excluding NO2 is 1. The molecule has 0 bridgehead atoms. The Hall–Kier alpha value is -4.20. The number of urea groups is 1. The van der Waals surface area contributed by atoms with Gasteiger partial charge in [0.05, 0.1) is 12.8 Å². The van der Waals surface area contributed by atoms with Gasteiger partial charge in [-0.05, 0) is 66.0 Å². The molecular formula is C24H24N4O4. The largest absolute Gasteiger partial charge is 0.495 e. The van der Waals surface area contributed by atoms with E-state index < -0.39 is 18.0 Å². The lowest BCUT2D eigenvalue weighted by Gasteiger charge is -2.20. The highest BCUT2D eigenvalue weighted by molar-refractivity contribution is 6.00. The van der Waals surface area contributed by atoms with Gasteiger partial charge in [0.15, 0.2) is 0 Å². The van der Waals surface area contributed by atoms with E-state index in [1.807, 2.05) is 38.1 Å². The van der Waals surface area contributed by atoms with Gasteiger partial charge < -0.3 is 20.7 Å². The molecule has 8 nitrogen and oxygen atoms in total. The predicted molar refractivity (Wildman–Crippen MR) is 124 cm³/mol. The minimum Gasteiger partial charge on any atom is -0.495 e. The van der Waals surface area contributed by atoms with E-state index in [2.05, 4.69) is 21.1 Å². The molecule has 3 amide bonds. The number of rotatable bonds is 7. The molecule has 1 atom stereocenters. The maximum absolute atomic E-state index is 13.1. The first-order chi connectivity index (χ1) is 15.4. The number of methoxy groups -OCH3 is 1. The molecule has 164 valence electrons. The fourth-order valence-electron chi connectivity index (χ4n) is 3.12. The van der Waals surface area contributed by atoms with Crippen LogP contribution in [0.2, 0.25) is 0 Å².